The van der Waals surface area contributed by atoms with Crippen LogP contribution in [0.4, 0.5) is 0 Å². The Kier molecular flexibility index (Phi) is 4.55. The van der Waals surface area contributed by atoms with Gasteiger partial charge in [-0.15, -0.1) is 0 Å². The maximum atomic E-state index is 12.1. The summed E-state index contributed by atoms with van der Waals surface area (Å²) in [5, 5.41) is 3.50. The Labute approximate surface area is 117 Å². The molecule has 112 valence electrons. The molecule has 1 saturated carbocycles. The molecular formula is C13H27N3O2S. The third-order valence-electron chi connectivity index (χ3n) is 3.73. The quantitative estimate of drug-likeness (QED) is 0.796. The molecule has 0 radical (unpaired) electrons. The fourth-order valence-corrected chi connectivity index (χ4v) is 3.79. The van der Waals surface area contributed by atoms with Gasteiger partial charge in [-0.25, -0.2) is 0 Å². The van der Waals surface area contributed by atoms with E-state index in [2.05, 4.69) is 30.8 Å². The molecule has 0 spiro atoms. The first-order chi connectivity index (χ1) is 8.76. The zero-order chi connectivity index (χ0) is 14.1. The average Bonchev–Trinajstić information content (AvgIpc) is 3.09. The van der Waals surface area contributed by atoms with Crippen molar-refractivity contribution >= 4 is 10.2 Å². The maximum Gasteiger partial charge on any atom is 0.279 e. The van der Waals surface area contributed by atoms with Crippen LogP contribution in [0.25, 0.3) is 0 Å². The van der Waals surface area contributed by atoms with Crippen molar-refractivity contribution in [3.05, 3.63) is 0 Å². The van der Waals surface area contributed by atoms with E-state index < -0.39 is 10.2 Å². The Morgan fingerprint density at radius 1 is 1.11 bits per heavy atom. The van der Waals surface area contributed by atoms with Gasteiger partial charge in [-0.1, -0.05) is 0 Å². The van der Waals surface area contributed by atoms with Crippen LogP contribution in [0, 0.1) is 5.92 Å². The van der Waals surface area contributed by atoms with Crippen molar-refractivity contribution in [2.75, 3.05) is 19.6 Å². The molecule has 0 unspecified atom stereocenters. The second-order valence-electron chi connectivity index (χ2n) is 6.87. The third kappa shape index (κ3) is 5.02. The van der Waals surface area contributed by atoms with Gasteiger partial charge in [0.1, 0.15) is 0 Å². The Balaban J connectivity index is 1.75. The van der Waals surface area contributed by atoms with Crippen LogP contribution in [0.5, 0.6) is 0 Å². The molecule has 5 nitrogen and oxygen atoms in total. The Morgan fingerprint density at radius 2 is 1.68 bits per heavy atom. The lowest BCUT2D eigenvalue weighted by Gasteiger charge is -2.33. The molecule has 2 rings (SSSR count). The first-order valence-electron chi connectivity index (χ1n) is 7.29. The molecule has 1 aliphatic carbocycles. The molecule has 0 atom stereocenters. The van der Waals surface area contributed by atoms with Crippen LogP contribution in [0.2, 0.25) is 0 Å². The third-order valence-corrected chi connectivity index (χ3v) is 5.40. The van der Waals surface area contributed by atoms with Crippen LogP contribution in [0.1, 0.15) is 46.5 Å². The van der Waals surface area contributed by atoms with E-state index in [-0.39, 0.29) is 11.6 Å². The monoisotopic (exact) mass is 289 g/mol. The van der Waals surface area contributed by atoms with E-state index in [1.54, 1.807) is 4.31 Å². The highest BCUT2D eigenvalue weighted by Gasteiger charge is 2.33. The molecule has 1 saturated heterocycles. The second-order valence-corrected chi connectivity index (χ2v) is 8.57. The van der Waals surface area contributed by atoms with Gasteiger partial charge in [-0.05, 0) is 58.9 Å². The van der Waals surface area contributed by atoms with Gasteiger partial charge in [0.2, 0.25) is 0 Å². The number of hydrogen-bond donors (Lipinski definition) is 2. The van der Waals surface area contributed by atoms with Crippen LogP contribution in [-0.4, -0.2) is 43.9 Å². The first-order valence-corrected chi connectivity index (χ1v) is 8.73. The highest BCUT2D eigenvalue weighted by atomic mass is 32.2. The summed E-state index contributed by atoms with van der Waals surface area (Å²) in [6.45, 7) is 8.76. The summed E-state index contributed by atoms with van der Waals surface area (Å²) >= 11 is 0. The number of nitrogens with one attached hydrogen (secondary N) is 2. The molecule has 0 aromatic carbocycles. The van der Waals surface area contributed by atoms with Crippen molar-refractivity contribution in [1.82, 2.24) is 14.3 Å². The molecule has 1 aliphatic heterocycles. The number of hydrogen-bond acceptors (Lipinski definition) is 3. The van der Waals surface area contributed by atoms with E-state index in [1.165, 1.54) is 0 Å². The van der Waals surface area contributed by atoms with Crippen molar-refractivity contribution < 1.29 is 8.42 Å². The summed E-state index contributed by atoms with van der Waals surface area (Å²) in [6.07, 6.45) is 3.89. The lowest BCUT2D eigenvalue weighted by atomic mass is 9.97. The van der Waals surface area contributed by atoms with E-state index in [4.69, 9.17) is 0 Å². The zero-order valence-corrected chi connectivity index (χ0v) is 13.1. The van der Waals surface area contributed by atoms with Gasteiger partial charge in [0.25, 0.3) is 10.2 Å². The lowest BCUT2D eigenvalue weighted by molar-refractivity contribution is 0.250. The smallest absolute Gasteiger partial charge is 0.279 e. The van der Waals surface area contributed by atoms with Crippen molar-refractivity contribution in [2.24, 2.45) is 5.92 Å². The van der Waals surface area contributed by atoms with E-state index >= 15 is 0 Å². The van der Waals surface area contributed by atoms with Crippen molar-refractivity contribution in [3.63, 3.8) is 0 Å². The predicted octanol–water partition coefficient (Wildman–Crippen LogP) is 1.08. The highest BCUT2D eigenvalue weighted by molar-refractivity contribution is 7.87. The maximum absolute atomic E-state index is 12.1. The van der Waals surface area contributed by atoms with Crippen molar-refractivity contribution in [3.8, 4) is 0 Å². The fraction of sp³-hybridized carbons (Fsp3) is 1.00. The van der Waals surface area contributed by atoms with E-state index in [9.17, 15) is 8.42 Å². The van der Waals surface area contributed by atoms with Gasteiger partial charge >= 0.3 is 0 Å². The number of nitrogens with zero attached hydrogens (tertiary/aromatic N) is 1. The molecule has 19 heavy (non-hydrogen) atoms. The minimum Gasteiger partial charge on any atom is -0.312 e. The molecule has 1 heterocycles. The molecule has 0 bridgehead atoms. The molecule has 2 fully saturated rings. The topological polar surface area (TPSA) is 61.4 Å². The molecule has 0 aromatic rings. The minimum absolute atomic E-state index is 0.136. The molecule has 0 aromatic heterocycles. The van der Waals surface area contributed by atoms with Crippen LogP contribution in [-0.2, 0) is 10.2 Å². The Hall–Kier alpha value is -0.170. The molecule has 2 N–H and O–H groups in total. The van der Waals surface area contributed by atoms with Gasteiger partial charge in [0.15, 0.2) is 0 Å². The van der Waals surface area contributed by atoms with E-state index in [0.717, 1.165) is 32.2 Å². The normalized spacial score (nSPS) is 23.7. The summed E-state index contributed by atoms with van der Waals surface area (Å²) in [6, 6.07) is 0.199. The van der Waals surface area contributed by atoms with Gasteiger partial charge in [0.05, 0.1) is 0 Å². The average molecular weight is 289 g/mol. The van der Waals surface area contributed by atoms with Crippen LogP contribution in [0.3, 0.4) is 0 Å². The van der Waals surface area contributed by atoms with Gasteiger partial charge in [0, 0.05) is 24.7 Å². The summed E-state index contributed by atoms with van der Waals surface area (Å²) in [7, 11) is -3.22. The van der Waals surface area contributed by atoms with Gasteiger partial charge < -0.3 is 5.32 Å². The first kappa shape index (κ1) is 15.2. The van der Waals surface area contributed by atoms with Gasteiger partial charge in [-0.2, -0.15) is 17.4 Å². The minimum atomic E-state index is -3.22. The molecule has 2 aliphatic rings. The van der Waals surface area contributed by atoms with Crippen LogP contribution < -0.4 is 10.0 Å². The summed E-state index contributed by atoms with van der Waals surface area (Å²) < 4.78 is 28.5. The SMILES string of the molecule is CC(C)(C)NCC1CCN(S(=O)(=O)NC2CC2)CC1. The van der Waals surface area contributed by atoms with Crippen LogP contribution >= 0.6 is 0 Å². The summed E-state index contributed by atoms with van der Waals surface area (Å²) in [5.41, 5.74) is 0.136. The van der Waals surface area contributed by atoms with E-state index in [0.29, 0.717) is 19.0 Å². The zero-order valence-electron chi connectivity index (χ0n) is 12.3. The highest BCUT2D eigenvalue weighted by Crippen LogP contribution is 2.23. The Bertz CT molecular complexity index is 391. The number of rotatable bonds is 5. The number of piperidine rings is 1. The van der Waals surface area contributed by atoms with Gasteiger partial charge in [-0.3, -0.25) is 0 Å². The van der Waals surface area contributed by atoms with Crippen molar-refractivity contribution in [1.29, 1.82) is 0 Å². The predicted molar refractivity (Wildman–Crippen MR) is 77.1 cm³/mol. The van der Waals surface area contributed by atoms with Crippen molar-refractivity contribution in [2.45, 2.75) is 58.0 Å². The summed E-state index contributed by atoms with van der Waals surface area (Å²) in [5.74, 6) is 0.589. The second kappa shape index (κ2) is 5.68. The lowest BCUT2D eigenvalue weighted by Crippen LogP contribution is -2.47. The largest absolute Gasteiger partial charge is 0.312 e. The van der Waals surface area contributed by atoms with E-state index in [1.807, 2.05) is 0 Å². The Morgan fingerprint density at radius 3 is 2.16 bits per heavy atom. The van der Waals surface area contributed by atoms with Crippen LogP contribution in [0.15, 0.2) is 0 Å². The molecular weight excluding hydrogens is 262 g/mol. The standard InChI is InChI=1S/C13H27N3O2S/c1-13(2,3)14-10-11-6-8-16(9-7-11)19(17,18)15-12-4-5-12/h11-12,14-15H,4-10H2,1-3H3. The summed E-state index contributed by atoms with van der Waals surface area (Å²) in [4.78, 5) is 0. The molecule has 6 heteroatoms. The fourth-order valence-electron chi connectivity index (χ4n) is 2.29. The molecule has 0 amide bonds.